The van der Waals surface area contributed by atoms with Crippen molar-refractivity contribution >= 4 is 10.2 Å². The lowest BCUT2D eigenvalue weighted by Crippen LogP contribution is -2.54. The molecule has 0 saturated carbocycles. The summed E-state index contributed by atoms with van der Waals surface area (Å²) in [5.41, 5.74) is 0. The van der Waals surface area contributed by atoms with Crippen molar-refractivity contribution in [2.45, 2.75) is 58.4 Å². The first-order valence-electron chi connectivity index (χ1n) is 8.57. The van der Waals surface area contributed by atoms with E-state index >= 15 is 0 Å². The van der Waals surface area contributed by atoms with Gasteiger partial charge in [0.25, 0.3) is 10.2 Å². The average Bonchev–Trinajstić information content (AvgIpc) is 2.53. The van der Waals surface area contributed by atoms with E-state index in [4.69, 9.17) is 0 Å². The number of hydrogen-bond donors (Lipinski definition) is 1. The lowest BCUT2D eigenvalue weighted by molar-refractivity contribution is 0.206. The van der Waals surface area contributed by atoms with Crippen molar-refractivity contribution in [3.05, 3.63) is 0 Å². The molecule has 2 heterocycles. The van der Waals surface area contributed by atoms with Crippen LogP contribution in [0.5, 0.6) is 0 Å². The highest BCUT2D eigenvalue weighted by Crippen LogP contribution is 2.27. The third-order valence-corrected chi connectivity index (χ3v) is 7.07. The largest absolute Gasteiger partial charge is 0.315 e. The van der Waals surface area contributed by atoms with E-state index < -0.39 is 10.2 Å². The lowest BCUT2D eigenvalue weighted by atomic mass is 9.96. The van der Waals surface area contributed by atoms with E-state index in [9.17, 15) is 8.42 Å². The van der Waals surface area contributed by atoms with Crippen LogP contribution in [-0.2, 0) is 10.2 Å². The van der Waals surface area contributed by atoms with Crippen molar-refractivity contribution in [3.8, 4) is 0 Å². The minimum atomic E-state index is -3.27. The number of hydrogen-bond acceptors (Lipinski definition) is 3. The first-order valence-corrected chi connectivity index (χ1v) is 9.96. The molecule has 1 N–H and O–H groups in total. The summed E-state index contributed by atoms with van der Waals surface area (Å²) in [6, 6.07) is 0.132. The average molecular weight is 317 g/mol. The van der Waals surface area contributed by atoms with Gasteiger partial charge in [-0.05, 0) is 38.1 Å². The second kappa shape index (κ2) is 7.90. The SMILES string of the molecule is CCNCC1CCCCN1S(=O)(=O)N1CCC(CC)CC1. The minimum absolute atomic E-state index is 0.132. The summed E-state index contributed by atoms with van der Waals surface area (Å²) >= 11 is 0. The van der Waals surface area contributed by atoms with Crippen molar-refractivity contribution in [3.63, 3.8) is 0 Å². The van der Waals surface area contributed by atoms with Crippen LogP contribution in [0.2, 0.25) is 0 Å². The maximum Gasteiger partial charge on any atom is 0.282 e. The van der Waals surface area contributed by atoms with Gasteiger partial charge in [-0.3, -0.25) is 0 Å². The van der Waals surface area contributed by atoms with Crippen LogP contribution in [0, 0.1) is 5.92 Å². The number of piperidine rings is 2. The van der Waals surface area contributed by atoms with E-state index in [1.165, 1.54) is 6.42 Å². The molecule has 1 unspecified atom stereocenters. The lowest BCUT2D eigenvalue weighted by Gasteiger charge is -2.40. The fourth-order valence-electron chi connectivity index (χ4n) is 3.49. The molecule has 2 fully saturated rings. The third-order valence-electron chi connectivity index (χ3n) is 4.98. The van der Waals surface area contributed by atoms with E-state index in [0.29, 0.717) is 25.6 Å². The molecular weight excluding hydrogens is 286 g/mol. The summed E-state index contributed by atoms with van der Waals surface area (Å²) in [5, 5.41) is 3.31. The molecule has 5 nitrogen and oxygen atoms in total. The Balaban J connectivity index is 2.02. The first-order chi connectivity index (χ1) is 10.1. The van der Waals surface area contributed by atoms with Gasteiger partial charge in [-0.25, -0.2) is 0 Å². The van der Waals surface area contributed by atoms with Crippen LogP contribution in [-0.4, -0.2) is 55.8 Å². The summed E-state index contributed by atoms with van der Waals surface area (Å²) in [6.45, 7) is 8.03. The van der Waals surface area contributed by atoms with Gasteiger partial charge < -0.3 is 5.32 Å². The molecule has 2 saturated heterocycles. The molecule has 0 aromatic rings. The number of nitrogens with one attached hydrogen (secondary N) is 1. The monoisotopic (exact) mass is 317 g/mol. The molecule has 0 radical (unpaired) electrons. The molecule has 6 heteroatoms. The first kappa shape index (κ1) is 17.2. The molecule has 2 aliphatic heterocycles. The molecule has 1 atom stereocenters. The van der Waals surface area contributed by atoms with Crippen molar-refractivity contribution in [2.24, 2.45) is 5.92 Å². The summed E-state index contributed by atoms with van der Waals surface area (Å²) in [7, 11) is -3.27. The number of likely N-dealkylation sites (N-methyl/N-ethyl adjacent to an activating group) is 1. The predicted molar refractivity (Wildman–Crippen MR) is 86.4 cm³/mol. The van der Waals surface area contributed by atoms with Gasteiger partial charge in [0.15, 0.2) is 0 Å². The van der Waals surface area contributed by atoms with Gasteiger partial charge in [0, 0.05) is 32.2 Å². The maximum absolute atomic E-state index is 12.9. The standard InChI is InChI=1S/C15H31N3O2S/c1-3-14-8-11-17(12-9-14)21(19,20)18-10-6-5-7-15(18)13-16-4-2/h14-16H,3-13H2,1-2H3. The second-order valence-electron chi connectivity index (χ2n) is 6.33. The number of nitrogens with zero attached hydrogens (tertiary/aromatic N) is 2. The Kier molecular flexibility index (Phi) is 6.47. The predicted octanol–water partition coefficient (Wildman–Crippen LogP) is 1.82. The molecule has 124 valence electrons. The summed E-state index contributed by atoms with van der Waals surface area (Å²) in [4.78, 5) is 0. The molecule has 0 amide bonds. The van der Waals surface area contributed by atoms with E-state index in [-0.39, 0.29) is 6.04 Å². The molecule has 0 aliphatic carbocycles. The van der Waals surface area contributed by atoms with Crippen LogP contribution in [0.1, 0.15) is 52.4 Å². The van der Waals surface area contributed by atoms with Gasteiger partial charge in [-0.2, -0.15) is 17.0 Å². The van der Waals surface area contributed by atoms with E-state index in [2.05, 4.69) is 19.2 Å². The number of rotatable bonds is 6. The zero-order chi connectivity index (χ0) is 15.3. The molecule has 2 rings (SSSR count). The van der Waals surface area contributed by atoms with Gasteiger partial charge in [-0.15, -0.1) is 0 Å². The van der Waals surface area contributed by atoms with Crippen LogP contribution in [0.3, 0.4) is 0 Å². The molecule has 0 spiro atoms. The van der Waals surface area contributed by atoms with Crippen molar-refractivity contribution < 1.29 is 8.42 Å². The van der Waals surface area contributed by atoms with Crippen LogP contribution < -0.4 is 5.32 Å². The van der Waals surface area contributed by atoms with Crippen LogP contribution in [0.15, 0.2) is 0 Å². The Morgan fingerprint density at radius 1 is 1.05 bits per heavy atom. The molecular formula is C15H31N3O2S. The van der Waals surface area contributed by atoms with E-state index in [0.717, 1.165) is 45.2 Å². The van der Waals surface area contributed by atoms with Crippen molar-refractivity contribution in [1.29, 1.82) is 0 Å². The Morgan fingerprint density at radius 3 is 2.38 bits per heavy atom. The summed E-state index contributed by atoms with van der Waals surface area (Å²) in [6.07, 6.45) is 6.31. The molecule has 0 aromatic heterocycles. The molecule has 0 bridgehead atoms. The third kappa shape index (κ3) is 4.18. The fraction of sp³-hybridized carbons (Fsp3) is 1.00. The smallest absolute Gasteiger partial charge is 0.282 e. The highest BCUT2D eigenvalue weighted by molar-refractivity contribution is 7.86. The topological polar surface area (TPSA) is 52.7 Å². The van der Waals surface area contributed by atoms with Crippen LogP contribution >= 0.6 is 0 Å². The van der Waals surface area contributed by atoms with E-state index in [1.807, 2.05) is 0 Å². The van der Waals surface area contributed by atoms with Crippen molar-refractivity contribution in [1.82, 2.24) is 13.9 Å². The van der Waals surface area contributed by atoms with Crippen LogP contribution in [0.4, 0.5) is 0 Å². The minimum Gasteiger partial charge on any atom is -0.315 e. The quantitative estimate of drug-likeness (QED) is 0.813. The Labute approximate surface area is 130 Å². The highest BCUT2D eigenvalue weighted by atomic mass is 32.2. The van der Waals surface area contributed by atoms with Crippen LogP contribution in [0.25, 0.3) is 0 Å². The zero-order valence-corrected chi connectivity index (χ0v) is 14.4. The Hall–Kier alpha value is -0.170. The van der Waals surface area contributed by atoms with E-state index in [1.54, 1.807) is 8.61 Å². The molecule has 2 aliphatic rings. The zero-order valence-electron chi connectivity index (χ0n) is 13.6. The van der Waals surface area contributed by atoms with Gasteiger partial charge >= 0.3 is 0 Å². The molecule has 0 aromatic carbocycles. The Morgan fingerprint density at radius 2 is 1.76 bits per heavy atom. The summed E-state index contributed by atoms with van der Waals surface area (Å²) in [5.74, 6) is 0.704. The second-order valence-corrected chi connectivity index (χ2v) is 8.21. The highest BCUT2D eigenvalue weighted by Gasteiger charge is 2.37. The van der Waals surface area contributed by atoms with Gasteiger partial charge in [0.2, 0.25) is 0 Å². The van der Waals surface area contributed by atoms with Gasteiger partial charge in [-0.1, -0.05) is 26.7 Å². The molecule has 21 heavy (non-hydrogen) atoms. The maximum atomic E-state index is 12.9. The normalized spacial score (nSPS) is 27.0. The Bertz CT molecular complexity index is 405. The van der Waals surface area contributed by atoms with Crippen molar-refractivity contribution in [2.75, 3.05) is 32.7 Å². The van der Waals surface area contributed by atoms with Gasteiger partial charge in [0.05, 0.1) is 0 Å². The van der Waals surface area contributed by atoms with Gasteiger partial charge in [0.1, 0.15) is 0 Å². The fourth-order valence-corrected chi connectivity index (χ4v) is 5.37. The summed E-state index contributed by atoms with van der Waals surface area (Å²) < 4.78 is 29.4.